The van der Waals surface area contributed by atoms with Gasteiger partial charge < -0.3 is 9.32 Å². The molecule has 1 saturated heterocycles. The van der Waals surface area contributed by atoms with Gasteiger partial charge in [0.25, 0.3) is 5.91 Å². The highest BCUT2D eigenvalue weighted by Gasteiger charge is 2.31. The first-order valence-electron chi connectivity index (χ1n) is 7.59. The number of halogens is 2. The van der Waals surface area contributed by atoms with Gasteiger partial charge in [0, 0.05) is 31.7 Å². The van der Waals surface area contributed by atoms with E-state index in [0.717, 1.165) is 5.56 Å². The molecule has 1 aromatic heterocycles. The first kappa shape index (κ1) is 18.3. The number of benzene rings is 1. The molecule has 2 aromatic rings. The van der Waals surface area contributed by atoms with E-state index < -0.39 is 10.0 Å². The lowest BCUT2D eigenvalue weighted by Gasteiger charge is -2.33. The van der Waals surface area contributed by atoms with Crippen LogP contribution in [0.3, 0.4) is 0 Å². The molecule has 6 nitrogen and oxygen atoms in total. The summed E-state index contributed by atoms with van der Waals surface area (Å²) in [6.45, 7) is 2.78. The van der Waals surface area contributed by atoms with E-state index in [-0.39, 0.29) is 28.9 Å². The molecule has 25 heavy (non-hydrogen) atoms. The van der Waals surface area contributed by atoms with Crippen LogP contribution in [0.5, 0.6) is 0 Å². The van der Waals surface area contributed by atoms with Crippen LogP contribution in [-0.4, -0.2) is 49.7 Å². The van der Waals surface area contributed by atoms with Crippen molar-refractivity contribution >= 4 is 39.1 Å². The number of rotatable bonds is 3. The van der Waals surface area contributed by atoms with E-state index in [4.69, 9.17) is 27.6 Å². The molecular formula is C16H16Cl2N2O4S. The zero-order valence-corrected chi connectivity index (χ0v) is 15.7. The zero-order chi connectivity index (χ0) is 18.2. The Balaban J connectivity index is 1.72. The van der Waals surface area contributed by atoms with Gasteiger partial charge in [-0.1, -0.05) is 23.2 Å². The number of hydrogen-bond acceptors (Lipinski definition) is 4. The first-order chi connectivity index (χ1) is 11.8. The normalized spacial score (nSPS) is 16.2. The molecule has 1 amide bonds. The van der Waals surface area contributed by atoms with E-state index >= 15 is 0 Å². The summed E-state index contributed by atoms with van der Waals surface area (Å²) in [4.78, 5) is 14.1. The molecule has 2 heterocycles. The fourth-order valence-electron chi connectivity index (χ4n) is 2.65. The van der Waals surface area contributed by atoms with Crippen molar-refractivity contribution in [2.75, 3.05) is 26.2 Å². The maximum absolute atomic E-state index is 12.7. The van der Waals surface area contributed by atoms with Crippen molar-refractivity contribution < 1.29 is 17.6 Å². The molecule has 3 rings (SSSR count). The van der Waals surface area contributed by atoms with Crippen LogP contribution < -0.4 is 0 Å². The van der Waals surface area contributed by atoms with Gasteiger partial charge in [-0.2, -0.15) is 4.31 Å². The minimum Gasteiger partial charge on any atom is -0.459 e. The summed E-state index contributed by atoms with van der Waals surface area (Å²) < 4.78 is 32.0. The molecule has 1 aromatic carbocycles. The summed E-state index contributed by atoms with van der Waals surface area (Å²) in [6.07, 6.45) is 1.47. The van der Waals surface area contributed by atoms with Gasteiger partial charge in [0.15, 0.2) is 5.76 Å². The molecule has 0 aliphatic carbocycles. The third kappa shape index (κ3) is 3.55. The third-order valence-corrected chi connectivity index (χ3v) is 6.74. The molecule has 0 atom stereocenters. The standard InChI is InChI=1S/C16H16Cl2N2O4S/c1-11-4-9-24-15(11)16(21)19-5-7-20(8-6-19)25(22,23)12-2-3-13(17)14(18)10-12/h2-4,9-10H,5-8H2,1H3. The molecular weight excluding hydrogens is 387 g/mol. The van der Waals surface area contributed by atoms with Crippen LogP contribution in [0.25, 0.3) is 0 Å². The Hall–Kier alpha value is -1.54. The Labute approximate surface area is 156 Å². The molecule has 9 heteroatoms. The smallest absolute Gasteiger partial charge is 0.289 e. The second-order valence-corrected chi connectivity index (χ2v) is 8.46. The number of furan rings is 1. The molecule has 0 bridgehead atoms. The predicted octanol–water partition coefficient (Wildman–Crippen LogP) is 3.04. The Kier molecular flexibility index (Phi) is 5.11. The number of carbonyl (C=O) groups excluding carboxylic acids is 1. The van der Waals surface area contributed by atoms with Gasteiger partial charge in [-0.25, -0.2) is 8.42 Å². The van der Waals surface area contributed by atoms with Crippen LogP contribution in [0.2, 0.25) is 10.0 Å². The first-order valence-corrected chi connectivity index (χ1v) is 9.79. The molecule has 0 spiro atoms. The average Bonchev–Trinajstić information content (AvgIpc) is 3.02. The molecule has 0 unspecified atom stereocenters. The number of piperazine rings is 1. The molecule has 0 radical (unpaired) electrons. The minimum absolute atomic E-state index is 0.0866. The van der Waals surface area contributed by atoms with Gasteiger partial charge in [0.1, 0.15) is 0 Å². The predicted molar refractivity (Wildman–Crippen MR) is 94.6 cm³/mol. The van der Waals surface area contributed by atoms with Crippen molar-refractivity contribution in [1.82, 2.24) is 9.21 Å². The molecule has 1 fully saturated rings. The summed E-state index contributed by atoms with van der Waals surface area (Å²) in [5.41, 5.74) is 0.760. The second-order valence-electron chi connectivity index (χ2n) is 5.70. The maximum Gasteiger partial charge on any atom is 0.289 e. The second kappa shape index (κ2) is 6.99. The van der Waals surface area contributed by atoms with Crippen molar-refractivity contribution in [3.05, 3.63) is 51.9 Å². The van der Waals surface area contributed by atoms with Gasteiger partial charge in [0.05, 0.1) is 21.2 Å². The lowest BCUT2D eigenvalue weighted by molar-refractivity contribution is 0.0665. The fraction of sp³-hybridized carbons (Fsp3) is 0.312. The highest BCUT2D eigenvalue weighted by molar-refractivity contribution is 7.89. The number of hydrogen-bond donors (Lipinski definition) is 0. The Morgan fingerprint density at radius 1 is 1.08 bits per heavy atom. The van der Waals surface area contributed by atoms with Crippen LogP contribution >= 0.6 is 23.2 Å². The quantitative estimate of drug-likeness (QED) is 0.790. The van der Waals surface area contributed by atoms with Gasteiger partial charge >= 0.3 is 0 Å². The third-order valence-electron chi connectivity index (χ3n) is 4.11. The van der Waals surface area contributed by atoms with E-state index in [2.05, 4.69) is 0 Å². The van der Waals surface area contributed by atoms with Crippen LogP contribution in [0.4, 0.5) is 0 Å². The highest BCUT2D eigenvalue weighted by Crippen LogP contribution is 2.27. The number of carbonyl (C=O) groups is 1. The number of amides is 1. The van der Waals surface area contributed by atoms with Crippen LogP contribution in [-0.2, 0) is 10.0 Å². The van der Waals surface area contributed by atoms with Crippen molar-refractivity contribution in [3.8, 4) is 0 Å². The zero-order valence-electron chi connectivity index (χ0n) is 13.4. The number of aryl methyl sites for hydroxylation is 1. The molecule has 1 aliphatic heterocycles. The fourth-order valence-corrected chi connectivity index (χ4v) is 4.47. The minimum atomic E-state index is -3.68. The van der Waals surface area contributed by atoms with Gasteiger partial charge in [0.2, 0.25) is 10.0 Å². The van der Waals surface area contributed by atoms with Crippen LogP contribution in [0.1, 0.15) is 16.1 Å². The van der Waals surface area contributed by atoms with Crippen LogP contribution in [0, 0.1) is 6.92 Å². The molecule has 134 valence electrons. The van der Waals surface area contributed by atoms with Crippen molar-refractivity contribution in [2.24, 2.45) is 0 Å². The maximum atomic E-state index is 12.7. The van der Waals surface area contributed by atoms with E-state index in [0.29, 0.717) is 23.9 Å². The SMILES string of the molecule is Cc1ccoc1C(=O)N1CCN(S(=O)(=O)c2ccc(Cl)c(Cl)c2)CC1. The molecule has 1 aliphatic rings. The monoisotopic (exact) mass is 402 g/mol. The summed E-state index contributed by atoms with van der Waals surface area (Å²) in [5.74, 6) is 0.0647. The van der Waals surface area contributed by atoms with Gasteiger partial charge in [-0.15, -0.1) is 0 Å². The van der Waals surface area contributed by atoms with Crippen molar-refractivity contribution in [2.45, 2.75) is 11.8 Å². The largest absolute Gasteiger partial charge is 0.459 e. The Morgan fingerprint density at radius 2 is 1.76 bits per heavy atom. The molecule has 0 saturated carbocycles. The molecule has 0 N–H and O–H groups in total. The number of sulfonamides is 1. The average molecular weight is 403 g/mol. The van der Waals surface area contributed by atoms with E-state index in [1.54, 1.807) is 17.9 Å². The number of nitrogens with zero attached hydrogens (tertiary/aromatic N) is 2. The highest BCUT2D eigenvalue weighted by atomic mass is 35.5. The summed E-state index contributed by atoms with van der Waals surface area (Å²) >= 11 is 11.8. The summed E-state index contributed by atoms with van der Waals surface area (Å²) in [6, 6.07) is 5.94. The van der Waals surface area contributed by atoms with Crippen LogP contribution in [0.15, 0.2) is 39.8 Å². The van der Waals surface area contributed by atoms with E-state index in [1.807, 2.05) is 0 Å². The Bertz CT molecular complexity index is 903. The van der Waals surface area contributed by atoms with Gasteiger partial charge in [-0.3, -0.25) is 4.79 Å². The lowest BCUT2D eigenvalue weighted by Crippen LogP contribution is -2.50. The topological polar surface area (TPSA) is 70.8 Å². The van der Waals surface area contributed by atoms with Crippen molar-refractivity contribution in [1.29, 1.82) is 0 Å². The lowest BCUT2D eigenvalue weighted by atomic mass is 10.2. The Morgan fingerprint density at radius 3 is 2.32 bits per heavy atom. The van der Waals surface area contributed by atoms with E-state index in [9.17, 15) is 13.2 Å². The summed E-state index contributed by atoms with van der Waals surface area (Å²) in [5, 5.41) is 0.481. The van der Waals surface area contributed by atoms with Gasteiger partial charge in [-0.05, 0) is 31.2 Å². The van der Waals surface area contributed by atoms with E-state index in [1.165, 1.54) is 28.8 Å². The summed E-state index contributed by atoms with van der Waals surface area (Å²) in [7, 11) is -3.68. The van der Waals surface area contributed by atoms with Crippen molar-refractivity contribution in [3.63, 3.8) is 0 Å².